The van der Waals surface area contributed by atoms with E-state index >= 15 is 0 Å². The third-order valence-corrected chi connectivity index (χ3v) is 8.33. The van der Waals surface area contributed by atoms with Crippen LogP contribution in [-0.4, -0.2) is 51.0 Å². The molecular formula is C35H60N4O3. The van der Waals surface area contributed by atoms with E-state index < -0.39 is 6.04 Å². The van der Waals surface area contributed by atoms with E-state index in [0.717, 1.165) is 49.1 Å². The molecule has 2 aromatic heterocycles. The monoisotopic (exact) mass is 584 g/mol. The predicted molar refractivity (Wildman–Crippen MR) is 173 cm³/mol. The minimum atomic E-state index is -0.517. The van der Waals surface area contributed by atoms with Gasteiger partial charge in [-0.2, -0.15) is 0 Å². The second-order valence-electron chi connectivity index (χ2n) is 12.5. The lowest BCUT2D eigenvalue weighted by atomic mass is 10.0. The van der Waals surface area contributed by atoms with E-state index in [1.165, 1.54) is 77.0 Å². The van der Waals surface area contributed by atoms with E-state index in [9.17, 15) is 9.59 Å². The van der Waals surface area contributed by atoms with Crippen molar-refractivity contribution in [3.8, 4) is 0 Å². The summed E-state index contributed by atoms with van der Waals surface area (Å²) in [5, 5.41) is 0. The largest absolute Gasteiger partial charge is 0.464 e. The van der Waals surface area contributed by atoms with Crippen molar-refractivity contribution in [1.29, 1.82) is 0 Å². The molecule has 0 N–H and O–H groups in total. The van der Waals surface area contributed by atoms with Gasteiger partial charge in [0.05, 0.1) is 18.3 Å². The fourth-order valence-electron chi connectivity index (χ4n) is 5.71. The SMILES string of the molecule is CCCCCCCCCCCCCCCCOC(=O)[C@H](CC(C)C)N(C)C(=O)CCCCn1c(C)nc2cnccc21. The van der Waals surface area contributed by atoms with E-state index in [4.69, 9.17) is 4.74 Å². The fraction of sp³-hybridized carbons (Fsp3) is 0.771. The molecule has 0 saturated carbocycles. The number of likely N-dealkylation sites (N-methyl/N-ethyl adjacent to an activating group) is 1. The normalized spacial score (nSPS) is 12.2. The minimum absolute atomic E-state index is 0.00510. The van der Waals surface area contributed by atoms with Crippen LogP contribution in [0.5, 0.6) is 0 Å². The van der Waals surface area contributed by atoms with Gasteiger partial charge in [0.2, 0.25) is 5.91 Å². The lowest BCUT2D eigenvalue weighted by Crippen LogP contribution is -2.44. The van der Waals surface area contributed by atoms with Crippen LogP contribution in [0.3, 0.4) is 0 Å². The molecule has 0 spiro atoms. The van der Waals surface area contributed by atoms with Gasteiger partial charge in [0, 0.05) is 26.2 Å². The number of fused-ring (bicyclic) bond motifs is 1. The summed E-state index contributed by atoms with van der Waals surface area (Å²) in [7, 11) is 1.75. The summed E-state index contributed by atoms with van der Waals surface area (Å²) >= 11 is 0. The highest BCUT2D eigenvalue weighted by atomic mass is 16.5. The first-order chi connectivity index (χ1) is 20.3. The molecule has 0 aliphatic carbocycles. The zero-order valence-corrected chi connectivity index (χ0v) is 27.5. The van der Waals surface area contributed by atoms with E-state index in [-0.39, 0.29) is 11.9 Å². The van der Waals surface area contributed by atoms with Gasteiger partial charge in [0.25, 0.3) is 0 Å². The van der Waals surface area contributed by atoms with Crippen LogP contribution in [0.25, 0.3) is 11.0 Å². The minimum Gasteiger partial charge on any atom is -0.464 e. The van der Waals surface area contributed by atoms with Crippen LogP contribution in [-0.2, 0) is 20.9 Å². The van der Waals surface area contributed by atoms with E-state index in [0.29, 0.717) is 25.4 Å². The van der Waals surface area contributed by atoms with Gasteiger partial charge in [-0.3, -0.25) is 9.78 Å². The first-order valence-corrected chi connectivity index (χ1v) is 17.0. The number of pyridine rings is 1. The lowest BCUT2D eigenvalue weighted by Gasteiger charge is -2.28. The van der Waals surface area contributed by atoms with Gasteiger partial charge in [-0.05, 0) is 44.6 Å². The molecule has 2 rings (SSSR count). The van der Waals surface area contributed by atoms with Gasteiger partial charge < -0.3 is 14.2 Å². The van der Waals surface area contributed by atoms with E-state index in [1.54, 1.807) is 24.3 Å². The quantitative estimate of drug-likeness (QED) is 0.0910. The van der Waals surface area contributed by atoms with Gasteiger partial charge in [0.15, 0.2) is 0 Å². The molecule has 1 amide bonds. The van der Waals surface area contributed by atoms with Crippen LogP contribution in [0, 0.1) is 12.8 Å². The third-order valence-electron chi connectivity index (χ3n) is 8.33. The maximum absolute atomic E-state index is 13.0. The Balaban J connectivity index is 1.59. The number of hydrogen-bond donors (Lipinski definition) is 0. The van der Waals surface area contributed by atoms with Gasteiger partial charge >= 0.3 is 5.97 Å². The fourth-order valence-corrected chi connectivity index (χ4v) is 5.71. The van der Waals surface area contributed by atoms with Crippen molar-refractivity contribution >= 4 is 22.9 Å². The summed E-state index contributed by atoms with van der Waals surface area (Å²) in [5.41, 5.74) is 1.97. The second kappa shape index (κ2) is 21.3. The van der Waals surface area contributed by atoms with Crippen LogP contribution >= 0.6 is 0 Å². The molecule has 0 unspecified atom stereocenters. The molecule has 0 saturated heterocycles. The van der Waals surface area contributed by atoms with Crippen LogP contribution < -0.4 is 0 Å². The van der Waals surface area contributed by atoms with Gasteiger partial charge in [0.1, 0.15) is 17.4 Å². The van der Waals surface area contributed by atoms with Crippen molar-refractivity contribution in [2.45, 2.75) is 156 Å². The maximum atomic E-state index is 13.0. The molecule has 1 atom stereocenters. The zero-order chi connectivity index (χ0) is 30.6. The number of carbonyl (C=O) groups is 2. The number of aryl methyl sites for hydroxylation is 2. The molecule has 7 heteroatoms. The molecule has 0 aliphatic heterocycles. The van der Waals surface area contributed by atoms with Crippen molar-refractivity contribution in [1.82, 2.24) is 19.4 Å². The number of aromatic nitrogens is 3. The molecule has 0 aliphatic rings. The summed E-state index contributed by atoms with van der Waals surface area (Å²) in [6.07, 6.45) is 24.4. The Labute approximate surface area is 256 Å². The number of unbranched alkanes of at least 4 members (excludes halogenated alkanes) is 14. The molecule has 0 aromatic carbocycles. The van der Waals surface area contributed by atoms with Crippen LogP contribution in [0.15, 0.2) is 18.5 Å². The van der Waals surface area contributed by atoms with Crippen molar-refractivity contribution in [3.05, 3.63) is 24.3 Å². The average Bonchev–Trinajstić information content (AvgIpc) is 3.29. The molecule has 0 bridgehead atoms. The summed E-state index contributed by atoms with van der Waals surface area (Å²) in [4.78, 5) is 36.3. The summed E-state index contributed by atoms with van der Waals surface area (Å²) in [6, 6.07) is 1.46. The molecule has 0 fully saturated rings. The number of nitrogens with zero attached hydrogens (tertiary/aromatic N) is 4. The summed E-state index contributed by atoms with van der Waals surface area (Å²) in [6.45, 7) is 9.69. The highest BCUT2D eigenvalue weighted by Crippen LogP contribution is 2.18. The molecule has 238 valence electrons. The highest BCUT2D eigenvalue weighted by Gasteiger charge is 2.28. The predicted octanol–water partition coefficient (Wildman–Crippen LogP) is 8.81. The van der Waals surface area contributed by atoms with Crippen molar-refractivity contribution < 1.29 is 14.3 Å². The Morgan fingerprint density at radius 2 is 1.48 bits per heavy atom. The summed E-state index contributed by atoms with van der Waals surface area (Å²) in [5.74, 6) is 1.000. The molecule has 42 heavy (non-hydrogen) atoms. The molecule has 2 aromatic rings. The third kappa shape index (κ3) is 13.7. The van der Waals surface area contributed by atoms with Crippen molar-refractivity contribution in [3.63, 3.8) is 0 Å². The first kappa shape index (κ1) is 35.8. The Bertz CT molecular complexity index is 1020. The first-order valence-electron chi connectivity index (χ1n) is 17.0. The molecule has 2 heterocycles. The van der Waals surface area contributed by atoms with Crippen LogP contribution in [0.1, 0.15) is 142 Å². The van der Waals surface area contributed by atoms with Crippen molar-refractivity contribution in [2.75, 3.05) is 13.7 Å². The Morgan fingerprint density at radius 3 is 2.07 bits per heavy atom. The zero-order valence-electron chi connectivity index (χ0n) is 27.5. The van der Waals surface area contributed by atoms with Gasteiger partial charge in [-0.15, -0.1) is 0 Å². The van der Waals surface area contributed by atoms with Crippen LogP contribution in [0.4, 0.5) is 0 Å². The second-order valence-corrected chi connectivity index (χ2v) is 12.5. The van der Waals surface area contributed by atoms with Crippen molar-refractivity contribution in [2.24, 2.45) is 5.92 Å². The maximum Gasteiger partial charge on any atom is 0.328 e. The van der Waals surface area contributed by atoms with Gasteiger partial charge in [-0.1, -0.05) is 104 Å². The van der Waals surface area contributed by atoms with E-state index in [1.807, 2.05) is 13.0 Å². The smallest absolute Gasteiger partial charge is 0.328 e. The number of hydrogen-bond acceptors (Lipinski definition) is 5. The number of ether oxygens (including phenoxy) is 1. The lowest BCUT2D eigenvalue weighted by molar-refractivity contribution is -0.155. The van der Waals surface area contributed by atoms with E-state index in [2.05, 4.69) is 35.3 Å². The number of rotatable bonds is 24. The number of esters is 1. The Hall–Kier alpha value is -2.44. The molecular weight excluding hydrogens is 524 g/mol. The van der Waals surface area contributed by atoms with Crippen LogP contribution in [0.2, 0.25) is 0 Å². The average molecular weight is 585 g/mol. The number of carbonyl (C=O) groups excluding carboxylic acids is 2. The Kier molecular flexibility index (Phi) is 18.1. The Morgan fingerprint density at radius 1 is 0.881 bits per heavy atom. The highest BCUT2D eigenvalue weighted by molar-refractivity contribution is 5.84. The summed E-state index contributed by atoms with van der Waals surface area (Å²) < 4.78 is 7.85. The number of amides is 1. The van der Waals surface area contributed by atoms with Gasteiger partial charge in [-0.25, -0.2) is 9.78 Å². The molecule has 7 nitrogen and oxygen atoms in total. The molecule has 0 radical (unpaired) electrons. The number of imidazole rings is 1. The standard InChI is InChI=1S/C35H60N4O3/c1-6-7-8-9-10-11-12-13-14-15-16-17-18-21-26-42-35(41)33(27-29(2)3)38(5)34(40)22-19-20-25-39-30(4)37-31-28-36-24-23-32(31)39/h23-24,28-29,33H,6-22,25-27H2,1-5H3/t33-/m0/s1. The topological polar surface area (TPSA) is 77.3 Å².